The molecule has 0 atom stereocenters. The number of nitrogens with zero attached hydrogens (tertiary/aromatic N) is 1. The Kier molecular flexibility index (Phi) is 5.67. The molecule has 2 N–H and O–H groups in total. The number of rotatable bonds is 6. The first kappa shape index (κ1) is 19.9. The number of carbonyl (C=O) groups excluding carboxylic acids is 1. The minimum Gasteiger partial charge on any atom is -0.357 e. The van der Waals surface area contributed by atoms with Gasteiger partial charge >= 0.3 is 0 Å². The molecule has 0 spiro atoms. The molecule has 0 saturated heterocycles. The summed E-state index contributed by atoms with van der Waals surface area (Å²) in [5.41, 5.74) is 3.77. The molecule has 28 heavy (non-hydrogen) atoms. The van der Waals surface area contributed by atoms with E-state index in [0.29, 0.717) is 11.3 Å². The number of aryl methyl sites for hydroxylation is 2. The minimum atomic E-state index is -3.70. The quantitative estimate of drug-likeness (QED) is 0.671. The predicted molar refractivity (Wildman–Crippen MR) is 111 cm³/mol. The standard InChI is InChI=1S/C21H23N3O3S/c1-15-6-4-5-7-16(15)12-21(25)23-18-8-9-19(17-10-11-24(3)14-17)20(13-18)28(26,27)22-2/h4-11,13-14,22H,12H2,1-3H3,(H,23,25). The Morgan fingerprint density at radius 1 is 1.11 bits per heavy atom. The van der Waals surface area contributed by atoms with Crippen LogP contribution in [-0.4, -0.2) is 25.9 Å². The maximum Gasteiger partial charge on any atom is 0.241 e. The van der Waals surface area contributed by atoms with Gasteiger partial charge in [0.2, 0.25) is 15.9 Å². The lowest BCUT2D eigenvalue weighted by atomic mass is 10.1. The van der Waals surface area contributed by atoms with E-state index in [1.807, 2.05) is 61.3 Å². The van der Waals surface area contributed by atoms with Gasteiger partial charge in [-0.2, -0.15) is 0 Å². The Labute approximate surface area is 165 Å². The van der Waals surface area contributed by atoms with E-state index in [-0.39, 0.29) is 17.2 Å². The van der Waals surface area contributed by atoms with E-state index in [9.17, 15) is 13.2 Å². The SMILES string of the molecule is CNS(=O)(=O)c1cc(NC(=O)Cc2ccccc2C)ccc1-c1ccn(C)c1. The van der Waals surface area contributed by atoms with Gasteiger partial charge < -0.3 is 9.88 Å². The van der Waals surface area contributed by atoms with Crippen molar-refractivity contribution >= 4 is 21.6 Å². The molecule has 0 fully saturated rings. The highest BCUT2D eigenvalue weighted by atomic mass is 32.2. The molecule has 6 nitrogen and oxygen atoms in total. The number of nitrogens with one attached hydrogen (secondary N) is 2. The van der Waals surface area contributed by atoms with Crippen LogP contribution in [-0.2, 0) is 28.3 Å². The summed E-state index contributed by atoms with van der Waals surface area (Å²) in [5, 5.41) is 2.80. The van der Waals surface area contributed by atoms with Crippen molar-refractivity contribution in [3.05, 3.63) is 72.1 Å². The van der Waals surface area contributed by atoms with E-state index in [4.69, 9.17) is 0 Å². The first-order valence-electron chi connectivity index (χ1n) is 8.84. The van der Waals surface area contributed by atoms with Gasteiger partial charge in [-0.1, -0.05) is 30.3 Å². The second-order valence-corrected chi connectivity index (χ2v) is 8.49. The number of hydrogen-bond acceptors (Lipinski definition) is 3. The summed E-state index contributed by atoms with van der Waals surface area (Å²) >= 11 is 0. The molecule has 0 aliphatic carbocycles. The molecule has 1 aromatic heterocycles. The molecule has 0 bridgehead atoms. The highest BCUT2D eigenvalue weighted by Gasteiger charge is 2.19. The summed E-state index contributed by atoms with van der Waals surface area (Å²) in [6.45, 7) is 1.95. The number of benzene rings is 2. The van der Waals surface area contributed by atoms with Crippen LogP contribution in [0.2, 0.25) is 0 Å². The number of sulfonamides is 1. The van der Waals surface area contributed by atoms with Crippen molar-refractivity contribution in [2.45, 2.75) is 18.2 Å². The maximum absolute atomic E-state index is 12.5. The third-order valence-corrected chi connectivity index (χ3v) is 6.03. The summed E-state index contributed by atoms with van der Waals surface area (Å²) in [7, 11) is -0.463. The van der Waals surface area contributed by atoms with E-state index in [0.717, 1.165) is 16.7 Å². The third kappa shape index (κ3) is 4.32. The van der Waals surface area contributed by atoms with Crippen molar-refractivity contribution in [2.75, 3.05) is 12.4 Å². The molecule has 3 aromatic rings. The van der Waals surface area contributed by atoms with Gasteiger partial charge in [0, 0.05) is 36.3 Å². The predicted octanol–water partition coefficient (Wildman–Crippen LogP) is 3.09. The van der Waals surface area contributed by atoms with E-state index in [2.05, 4.69) is 10.0 Å². The molecule has 0 aliphatic rings. The zero-order valence-electron chi connectivity index (χ0n) is 16.1. The van der Waals surface area contributed by atoms with Crippen molar-refractivity contribution in [3.8, 4) is 11.1 Å². The molecular weight excluding hydrogens is 374 g/mol. The largest absolute Gasteiger partial charge is 0.357 e. The molecule has 7 heteroatoms. The Balaban J connectivity index is 1.91. The monoisotopic (exact) mass is 397 g/mol. The summed E-state index contributed by atoms with van der Waals surface area (Å²) in [4.78, 5) is 12.6. The van der Waals surface area contributed by atoms with Crippen LogP contribution in [0.1, 0.15) is 11.1 Å². The molecule has 2 aromatic carbocycles. The summed E-state index contributed by atoms with van der Waals surface area (Å²) in [5.74, 6) is -0.199. The van der Waals surface area contributed by atoms with Crippen molar-refractivity contribution in [1.82, 2.24) is 9.29 Å². The fourth-order valence-corrected chi connectivity index (χ4v) is 4.00. The van der Waals surface area contributed by atoms with Gasteiger partial charge in [0.1, 0.15) is 0 Å². The first-order valence-corrected chi connectivity index (χ1v) is 10.3. The van der Waals surface area contributed by atoms with Crippen molar-refractivity contribution in [1.29, 1.82) is 0 Å². The fourth-order valence-electron chi connectivity index (χ4n) is 3.02. The van der Waals surface area contributed by atoms with Crippen LogP contribution in [0.3, 0.4) is 0 Å². The van der Waals surface area contributed by atoms with Gasteiger partial charge in [-0.3, -0.25) is 4.79 Å². The third-order valence-electron chi connectivity index (χ3n) is 4.58. The minimum absolute atomic E-state index is 0.120. The van der Waals surface area contributed by atoms with Crippen LogP contribution in [0.5, 0.6) is 0 Å². The molecular formula is C21H23N3O3S. The topological polar surface area (TPSA) is 80.2 Å². The zero-order valence-corrected chi connectivity index (χ0v) is 16.9. The smallest absolute Gasteiger partial charge is 0.241 e. The first-order chi connectivity index (χ1) is 13.3. The average Bonchev–Trinajstić information content (AvgIpc) is 3.10. The highest BCUT2D eigenvalue weighted by molar-refractivity contribution is 7.89. The van der Waals surface area contributed by atoms with Gasteiger partial charge in [0.15, 0.2) is 0 Å². The second-order valence-electron chi connectivity index (χ2n) is 6.64. The van der Waals surface area contributed by atoms with Crippen molar-refractivity contribution < 1.29 is 13.2 Å². The Morgan fingerprint density at radius 3 is 2.50 bits per heavy atom. The molecule has 146 valence electrons. The lowest BCUT2D eigenvalue weighted by molar-refractivity contribution is -0.115. The average molecular weight is 398 g/mol. The zero-order chi connectivity index (χ0) is 20.3. The Hall–Kier alpha value is -2.90. The molecule has 3 rings (SSSR count). The lowest BCUT2D eigenvalue weighted by Gasteiger charge is -2.13. The second kappa shape index (κ2) is 8.00. The van der Waals surface area contributed by atoms with Crippen LogP contribution in [0.15, 0.2) is 65.8 Å². The number of aromatic nitrogens is 1. The van der Waals surface area contributed by atoms with Gasteiger partial charge in [-0.25, -0.2) is 13.1 Å². The molecule has 0 saturated carbocycles. The number of amides is 1. The van der Waals surface area contributed by atoms with Crippen LogP contribution in [0, 0.1) is 6.92 Å². The van der Waals surface area contributed by atoms with Crippen molar-refractivity contribution in [3.63, 3.8) is 0 Å². The summed E-state index contributed by atoms with van der Waals surface area (Å²) < 4.78 is 29.3. The van der Waals surface area contributed by atoms with Crippen molar-refractivity contribution in [2.24, 2.45) is 7.05 Å². The molecule has 0 aliphatic heterocycles. The maximum atomic E-state index is 12.5. The van der Waals surface area contributed by atoms with E-state index >= 15 is 0 Å². The lowest BCUT2D eigenvalue weighted by Crippen LogP contribution is -2.20. The van der Waals surface area contributed by atoms with Gasteiger partial charge in [-0.15, -0.1) is 0 Å². The molecule has 0 radical (unpaired) electrons. The van der Waals surface area contributed by atoms with Crippen LogP contribution < -0.4 is 10.0 Å². The molecule has 1 amide bonds. The Morgan fingerprint density at radius 2 is 1.86 bits per heavy atom. The molecule has 1 heterocycles. The highest BCUT2D eigenvalue weighted by Crippen LogP contribution is 2.30. The summed E-state index contributed by atoms with van der Waals surface area (Å²) in [6, 6.07) is 14.4. The summed E-state index contributed by atoms with van der Waals surface area (Å²) in [6.07, 6.45) is 3.92. The Bertz CT molecular complexity index is 1120. The fraction of sp³-hybridized carbons (Fsp3) is 0.190. The van der Waals surface area contributed by atoms with E-state index < -0.39 is 10.0 Å². The normalized spacial score (nSPS) is 11.4. The van der Waals surface area contributed by atoms with Gasteiger partial charge in [0.05, 0.1) is 11.3 Å². The van der Waals surface area contributed by atoms with Crippen LogP contribution >= 0.6 is 0 Å². The number of anilines is 1. The molecule has 0 unspecified atom stereocenters. The van der Waals surface area contributed by atoms with Crippen LogP contribution in [0.4, 0.5) is 5.69 Å². The number of hydrogen-bond donors (Lipinski definition) is 2. The van der Waals surface area contributed by atoms with Gasteiger partial charge in [0.25, 0.3) is 0 Å². The number of carbonyl (C=O) groups is 1. The van der Waals surface area contributed by atoms with E-state index in [1.165, 1.54) is 13.1 Å². The van der Waals surface area contributed by atoms with Gasteiger partial charge in [-0.05, 0) is 43.3 Å². The van der Waals surface area contributed by atoms with Crippen LogP contribution in [0.25, 0.3) is 11.1 Å². The van der Waals surface area contributed by atoms with E-state index in [1.54, 1.807) is 12.1 Å².